The number of morpholine rings is 1. The Kier molecular flexibility index (Phi) is 7.88. The zero-order chi connectivity index (χ0) is 19.6. The van der Waals surface area contributed by atoms with Crippen molar-refractivity contribution in [3.8, 4) is 0 Å². The van der Waals surface area contributed by atoms with Crippen LogP contribution in [-0.2, 0) is 24.2 Å². The lowest BCUT2D eigenvalue weighted by atomic mass is 10.1. The lowest BCUT2D eigenvalue weighted by molar-refractivity contribution is -0.0212. The molecular formula is C23H32N4O. The van der Waals surface area contributed by atoms with Crippen LogP contribution in [0.5, 0.6) is 0 Å². The van der Waals surface area contributed by atoms with Gasteiger partial charge in [0.05, 0.1) is 12.7 Å². The van der Waals surface area contributed by atoms with E-state index in [-0.39, 0.29) is 0 Å². The third-order valence-corrected chi connectivity index (χ3v) is 4.96. The minimum atomic E-state index is 0.323. The molecule has 2 N–H and O–H groups in total. The molecule has 0 amide bonds. The predicted octanol–water partition coefficient (Wildman–Crippen LogP) is 2.82. The number of guanidine groups is 1. The summed E-state index contributed by atoms with van der Waals surface area (Å²) in [4.78, 5) is 6.79. The second-order valence-corrected chi connectivity index (χ2v) is 7.32. The summed E-state index contributed by atoms with van der Waals surface area (Å²) in [6.45, 7) is 7.57. The van der Waals surface area contributed by atoms with Crippen LogP contribution in [0.15, 0.2) is 59.6 Å². The van der Waals surface area contributed by atoms with Crippen molar-refractivity contribution in [3.63, 3.8) is 0 Å². The summed E-state index contributed by atoms with van der Waals surface area (Å²) in [5.74, 6) is 0.836. The van der Waals surface area contributed by atoms with Crippen molar-refractivity contribution in [2.75, 3.05) is 33.3 Å². The van der Waals surface area contributed by atoms with Gasteiger partial charge in [-0.3, -0.25) is 9.89 Å². The van der Waals surface area contributed by atoms with Crippen LogP contribution < -0.4 is 10.6 Å². The topological polar surface area (TPSA) is 48.9 Å². The van der Waals surface area contributed by atoms with Gasteiger partial charge in [-0.25, -0.2) is 0 Å². The van der Waals surface area contributed by atoms with Gasteiger partial charge in [0.2, 0.25) is 0 Å². The Labute approximate surface area is 168 Å². The van der Waals surface area contributed by atoms with Crippen LogP contribution in [0.3, 0.4) is 0 Å². The molecule has 1 saturated heterocycles. The van der Waals surface area contributed by atoms with Gasteiger partial charge in [-0.1, -0.05) is 54.6 Å². The average Bonchev–Trinajstić information content (AvgIpc) is 2.71. The van der Waals surface area contributed by atoms with Gasteiger partial charge in [-0.15, -0.1) is 0 Å². The SMILES string of the molecule is CN=C(NCCc1ccccc1)NCc1cccc(CN2CCOC(C)C2)c1. The van der Waals surface area contributed by atoms with Crippen molar-refractivity contribution in [1.82, 2.24) is 15.5 Å². The number of benzene rings is 2. The molecule has 2 aromatic rings. The van der Waals surface area contributed by atoms with E-state index >= 15 is 0 Å². The molecule has 1 aliphatic heterocycles. The highest BCUT2D eigenvalue weighted by molar-refractivity contribution is 5.79. The third kappa shape index (κ3) is 6.66. The average molecular weight is 381 g/mol. The van der Waals surface area contributed by atoms with E-state index in [2.05, 4.69) is 76.0 Å². The van der Waals surface area contributed by atoms with Crippen molar-refractivity contribution in [1.29, 1.82) is 0 Å². The van der Waals surface area contributed by atoms with Gasteiger partial charge in [0, 0.05) is 39.8 Å². The molecule has 0 aromatic heterocycles. The molecule has 0 aliphatic carbocycles. The first-order chi connectivity index (χ1) is 13.7. The molecule has 28 heavy (non-hydrogen) atoms. The minimum Gasteiger partial charge on any atom is -0.376 e. The molecule has 1 unspecified atom stereocenters. The van der Waals surface area contributed by atoms with Gasteiger partial charge in [-0.05, 0) is 30.0 Å². The highest BCUT2D eigenvalue weighted by Gasteiger charge is 2.16. The molecular weight excluding hydrogens is 348 g/mol. The monoisotopic (exact) mass is 380 g/mol. The Morgan fingerprint density at radius 1 is 1.07 bits per heavy atom. The van der Waals surface area contributed by atoms with Crippen LogP contribution in [0, 0.1) is 0 Å². The van der Waals surface area contributed by atoms with Gasteiger partial charge < -0.3 is 15.4 Å². The molecule has 1 atom stereocenters. The summed E-state index contributed by atoms with van der Waals surface area (Å²) in [6, 6.07) is 19.3. The van der Waals surface area contributed by atoms with Gasteiger partial charge in [0.1, 0.15) is 0 Å². The third-order valence-electron chi connectivity index (χ3n) is 4.96. The summed E-state index contributed by atoms with van der Waals surface area (Å²) in [6.07, 6.45) is 1.30. The largest absolute Gasteiger partial charge is 0.376 e. The highest BCUT2D eigenvalue weighted by Crippen LogP contribution is 2.12. The molecule has 1 heterocycles. The second-order valence-electron chi connectivity index (χ2n) is 7.32. The summed E-state index contributed by atoms with van der Waals surface area (Å²) < 4.78 is 5.64. The first-order valence-electron chi connectivity index (χ1n) is 10.1. The molecule has 1 fully saturated rings. The molecule has 0 spiro atoms. The maximum absolute atomic E-state index is 5.64. The number of hydrogen-bond donors (Lipinski definition) is 2. The van der Waals surface area contributed by atoms with Crippen LogP contribution in [0.1, 0.15) is 23.6 Å². The Hall–Kier alpha value is -2.37. The maximum Gasteiger partial charge on any atom is 0.191 e. The Balaban J connectivity index is 1.45. The number of nitrogens with zero attached hydrogens (tertiary/aromatic N) is 2. The van der Waals surface area contributed by atoms with Crippen LogP contribution in [0.25, 0.3) is 0 Å². The van der Waals surface area contributed by atoms with Crippen molar-refractivity contribution in [3.05, 3.63) is 71.3 Å². The van der Waals surface area contributed by atoms with E-state index in [1.807, 2.05) is 13.1 Å². The summed E-state index contributed by atoms with van der Waals surface area (Å²) in [5, 5.41) is 6.81. The van der Waals surface area contributed by atoms with Gasteiger partial charge >= 0.3 is 0 Å². The summed E-state index contributed by atoms with van der Waals surface area (Å²) in [7, 11) is 1.81. The van der Waals surface area contributed by atoms with E-state index in [9.17, 15) is 0 Å². The smallest absolute Gasteiger partial charge is 0.191 e. The van der Waals surface area contributed by atoms with E-state index in [4.69, 9.17) is 4.74 Å². The number of hydrogen-bond acceptors (Lipinski definition) is 3. The van der Waals surface area contributed by atoms with Gasteiger partial charge in [0.25, 0.3) is 0 Å². The molecule has 5 nitrogen and oxygen atoms in total. The second kappa shape index (κ2) is 10.8. The van der Waals surface area contributed by atoms with Crippen LogP contribution in [-0.4, -0.2) is 50.3 Å². The molecule has 0 saturated carbocycles. The fourth-order valence-electron chi connectivity index (χ4n) is 3.51. The molecule has 3 rings (SSSR count). The summed E-state index contributed by atoms with van der Waals surface area (Å²) in [5.41, 5.74) is 3.95. The van der Waals surface area contributed by atoms with Crippen molar-refractivity contribution in [2.45, 2.75) is 32.5 Å². The van der Waals surface area contributed by atoms with Crippen LogP contribution in [0.4, 0.5) is 0 Å². The first-order valence-corrected chi connectivity index (χ1v) is 10.1. The van der Waals surface area contributed by atoms with Crippen molar-refractivity contribution in [2.24, 2.45) is 4.99 Å². The molecule has 0 bridgehead atoms. The fraction of sp³-hybridized carbons (Fsp3) is 0.435. The lowest BCUT2D eigenvalue weighted by Gasteiger charge is -2.31. The first kappa shape index (κ1) is 20.4. The van der Waals surface area contributed by atoms with Gasteiger partial charge in [0.15, 0.2) is 5.96 Å². The van der Waals surface area contributed by atoms with E-state index < -0.39 is 0 Å². The molecule has 150 valence electrons. The van der Waals surface area contributed by atoms with Crippen molar-refractivity contribution < 1.29 is 4.74 Å². The fourth-order valence-corrected chi connectivity index (χ4v) is 3.51. The standard InChI is InChI=1S/C23H32N4O/c1-19-17-27(13-14-28-19)18-22-10-6-9-21(15-22)16-26-23(24-2)25-12-11-20-7-4-3-5-8-20/h3-10,15,19H,11-14,16-18H2,1-2H3,(H2,24,25,26). The van der Waals surface area contributed by atoms with E-state index in [1.165, 1.54) is 16.7 Å². The Bertz CT molecular complexity index is 747. The number of rotatable bonds is 7. The minimum absolute atomic E-state index is 0.323. The van der Waals surface area contributed by atoms with E-state index in [0.29, 0.717) is 6.10 Å². The number of aliphatic imine (C=N–C) groups is 1. The zero-order valence-corrected chi connectivity index (χ0v) is 17.0. The normalized spacial score (nSPS) is 18.1. The summed E-state index contributed by atoms with van der Waals surface area (Å²) >= 11 is 0. The quantitative estimate of drug-likeness (QED) is 0.573. The van der Waals surface area contributed by atoms with Crippen LogP contribution in [0.2, 0.25) is 0 Å². The lowest BCUT2D eigenvalue weighted by Crippen LogP contribution is -2.40. The van der Waals surface area contributed by atoms with E-state index in [0.717, 1.165) is 51.7 Å². The molecule has 1 aliphatic rings. The Morgan fingerprint density at radius 2 is 1.86 bits per heavy atom. The van der Waals surface area contributed by atoms with Gasteiger partial charge in [-0.2, -0.15) is 0 Å². The molecule has 0 radical (unpaired) electrons. The van der Waals surface area contributed by atoms with Crippen molar-refractivity contribution >= 4 is 5.96 Å². The molecule has 2 aromatic carbocycles. The zero-order valence-electron chi connectivity index (χ0n) is 17.0. The molecule has 5 heteroatoms. The Morgan fingerprint density at radius 3 is 2.64 bits per heavy atom. The number of nitrogens with one attached hydrogen (secondary N) is 2. The van der Waals surface area contributed by atoms with Crippen LogP contribution >= 0.6 is 0 Å². The van der Waals surface area contributed by atoms with E-state index in [1.54, 1.807) is 0 Å². The predicted molar refractivity (Wildman–Crippen MR) is 115 cm³/mol. The maximum atomic E-state index is 5.64. The highest BCUT2D eigenvalue weighted by atomic mass is 16.5. The number of ether oxygens (including phenoxy) is 1.